The van der Waals surface area contributed by atoms with E-state index in [2.05, 4.69) is 9.97 Å². The number of aromatic nitrogens is 2. The van der Waals surface area contributed by atoms with E-state index in [9.17, 15) is 4.39 Å². The molecule has 0 spiro atoms. The Bertz CT molecular complexity index is 531. The highest BCUT2D eigenvalue weighted by Gasteiger charge is 2.10. The van der Waals surface area contributed by atoms with Crippen molar-refractivity contribution in [3.05, 3.63) is 41.1 Å². The van der Waals surface area contributed by atoms with E-state index in [1.807, 2.05) is 13.0 Å². The van der Waals surface area contributed by atoms with Crippen molar-refractivity contribution in [2.24, 2.45) is 5.73 Å². The summed E-state index contributed by atoms with van der Waals surface area (Å²) in [4.78, 5) is 7.63. The second kappa shape index (κ2) is 4.67. The first kappa shape index (κ1) is 11.8. The number of aryl methyl sites for hydroxylation is 2. The Morgan fingerprint density at radius 3 is 2.76 bits per heavy atom. The van der Waals surface area contributed by atoms with Gasteiger partial charge in [-0.05, 0) is 44.2 Å². The minimum absolute atomic E-state index is 0.193. The van der Waals surface area contributed by atoms with Crippen molar-refractivity contribution in [2.45, 2.75) is 20.3 Å². The van der Waals surface area contributed by atoms with Crippen molar-refractivity contribution in [3.8, 4) is 11.3 Å². The lowest BCUT2D eigenvalue weighted by Gasteiger charge is -2.03. The van der Waals surface area contributed by atoms with Crippen molar-refractivity contribution in [1.29, 1.82) is 0 Å². The summed E-state index contributed by atoms with van der Waals surface area (Å²) in [6, 6.07) is 5.03. The van der Waals surface area contributed by atoms with E-state index in [4.69, 9.17) is 5.73 Å². The molecule has 2 rings (SSSR count). The zero-order chi connectivity index (χ0) is 12.4. The molecule has 2 aromatic rings. The average molecular weight is 233 g/mol. The van der Waals surface area contributed by atoms with Crippen LogP contribution in [0.5, 0.6) is 0 Å². The molecule has 3 N–H and O–H groups in total. The fourth-order valence-electron chi connectivity index (χ4n) is 1.90. The number of hydrogen-bond acceptors (Lipinski definition) is 2. The molecule has 3 nitrogen and oxygen atoms in total. The number of H-pyrrole nitrogens is 1. The molecule has 4 heteroatoms. The highest BCUT2D eigenvalue weighted by Crippen LogP contribution is 2.23. The summed E-state index contributed by atoms with van der Waals surface area (Å²) in [7, 11) is 0. The number of benzene rings is 1. The predicted molar refractivity (Wildman–Crippen MR) is 66.2 cm³/mol. The first-order valence-corrected chi connectivity index (χ1v) is 5.64. The molecule has 0 unspecified atom stereocenters. The molecule has 0 saturated heterocycles. The van der Waals surface area contributed by atoms with Crippen molar-refractivity contribution in [1.82, 2.24) is 9.97 Å². The van der Waals surface area contributed by atoms with Crippen LogP contribution in [0, 0.1) is 19.7 Å². The lowest BCUT2D eigenvalue weighted by molar-refractivity contribution is 0.618. The van der Waals surface area contributed by atoms with Crippen LogP contribution in [0.3, 0.4) is 0 Å². The summed E-state index contributed by atoms with van der Waals surface area (Å²) in [5, 5.41) is 0. The Morgan fingerprint density at radius 1 is 1.35 bits per heavy atom. The third-order valence-electron chi connectivity index (χ3n) is 2.72. The topological polar surface area (TPSA) is 54.7 Å². The van der Waals surface area contributed by atoms with Crippen LogP contribution in [0.1, 0.15) is 17.1 Å². The van der Waals surface area contributed by atoms with Gasteiger partial charge >= 0.3 is 0 Å². The van der Waals surface area contributed by atoms with Crippen LogP contribution in [0.25, 0.3) is 11.3 Å². The predicted octanol–water partition coefficient (Wildman–Crippen LogP) is 2.33. The van der Waals surface area contributed by atoms with Crippen molar-refractivity contribution < 1.29 is 4.39 Å². The second-order valence-corrected chi connectivity index (χ2v) is 4.15. The van der Waals surface area contributed by atoms with E-state index < -0.39 is 0 Å². The van der Waals surface area contributed by atoms with E-state index in [0.29, 0.717) is 12.1 Å². The molecule has 1 aromatic heterocycles. The maximum atomic E-state index is 13.2. The van der Waals surface area contributed by atoms with Gasteiger partial charge in [-0.1, -0.05) is 0 Å². The average Bonchev–Trinajstić information content (AvgIpc) is 2.64. The number of hydrogen-bond donors (Lipinski definition) is 2. The molecule has 0 saturated carbocycles. The third kappa shape index (κ3) is 2.36. The van der Waals surface area contributed by atoms with Crippen LogP contribution in [-0.2, 0) is 6.42 Å². The number of nitrogens with two attached hydrogens (primary N) is 1. The Kier molecular flexibility index (Phi) is 3.24. The van der Waals surface area contributed by atoms with E-state index in [0.717, 1.165) is 29.2 Å². The zero-order valence-corrected chi connectivity index (χ0v) is 10.0. The Balaban J connectivity index is 2.47. The molecule has 0 aliphatic rings. The van der Waals surface area contributed by atoms with E-state index in [1.54, 1.807) is 13.0 Å². The molecule has 0 bridgehead atoms. The Labute approximate surface area is 99.9 Å². The van der Waals surface area contributed by atoms with Crippen LogP contribution < -0.4 is 5.73 Å². The number of imidazole rings is 1. The number of nitrogens with one attached hydrogen (secondary N) is 1. The van der Waals surface area contributed by atoms with Gasteiger partial charge in [0, 0.05) is 17.7 Å². The number of halogens is 1. The van der Waals surface area contributed by atoms with Crippen LogP contribution in [0.2, 0.25) is 0 Å². The van der Waals surface area contributed by atoms with Gasteiger partial charge < -0.3 is 10.7 Å². The smallest absolute Gasteiger partial charge is 0.126 e. The van der Waals surface area contributed by atoms with Crippen molar-refractivity contribution >= 4 is 0 Å². The largest absolute Gasteiger partial charge is 0.346 e. The van der Waals surface area contributed by atoms with E-state index in [-0.39, 0.29) is 5.82 Å². The van der Waals surface area contributed by atoms with Gasteiger partial charge in [-0.2, -0.15) is 0 Å². The first-order valence-electron chi connectivity index (χ1n) is 5.64. The summed E-state index contributed by atoms with van der Waals surface area (Å²) >= 11 is 0. The van der Waals surface area contributed by atoms with Gasteiger partial charge in [-0.25, -0.2) is 9.37 Å². The molecular formula is C13H16FN3. The lowest BCUT2D eigenvalue weighted by Crippen LogP contribution is -2.04. The zero-order valence-electron chi connectivity index (χ0n) is 10.0. The molecule has 90 valence electrons. The van der Waals surface area contributed by atoms with Gasteiger partial charge in [-0.3, -0.25) is 0 Å². The van der Waals surface area contributed by atoms with Gasteiger partial charge in [0.1, 0.15) is 11.6 Å². The third-order valence-corrected chi connectivity index (χ3v) is 2.72. The van der Waals surface area contributed by atoms with E-state index >= 15 is 0 Å². The summed E-state index contributed by atoms with van der Waals surface area (Å²) in [6.07, 6.45) is 0.743. The van der Waals surface area contributed by atoms with Gasteiger partial charge in [0.2, 0.25) is 0 Å². The Morgan fingerprint density at radius 2 is 2.12 bits per heavy atom. The minimum Gasteiger partial charge on any atom is -0.346 e. The van der Waals surface area contributed by atoms with E-state index in [1.165, 1.54) is 6.07 Å². The molecule has 17 heavy (non-hydrogen) atoms. The van der Waals surface area contributed by atoms with Gasteiger partial charge in [0.25, 0.3) is 0 Å². The van der Waals surface area contributed by atoms with Crippen molar-refractivity contribution in [2.75, 3.05) is 6.54 Å². The fourth-order valence-corrected chi connectivity index (χ4v) is 1.90. The highest BCUT2D eigenvalue weighted by molar-refractivity contribution is 5.63. The van der Waals surface area contributed by atoms with Crippen LogP contribution in [0.15, 0.2) is 18.2 Å². The van der Waals surface area contributed by atoms with Crippen LogP contribution >= 0.6 is 0 Å². The normalized spacial score (nSPS) is 10.8. The number of aromatic amines is 1. The quantitative estimate of drug-likeness (QED) is 0.854. The standard InChI is InChI=1S/C13H16FN3/c1-8-7-10(3-4-11(8)14)13-12(5-6-15)16-9(2)17-13/h3-4,7H,5-6,15H2,1-2H3,(H,16,17). The van der Waals surface area contributed by atoms with Crippen LogP contribution in [0.4, 0.5) is 4.39 Å². The first-order chi connectivity index (χ1) is 8.11. The Hall–Kier alpha value is -1.68. The maximum absolute atomic E-state index is 13.2. The summed E-state index contributed by atoms with van der Waals surface area (Å²) in [5.74, 6) is 0.659. The maximum Gasteiger partial charge on any atom is 0.126 e. The molecule has 1 heterocycles. The summed E-state index contributed by atoms with van der Waals surface area (Å²) < 4.78 is 13.2. The summed E-state index contributed by atoms with van der Waals surface area (Å²) in [5.41, 5.74) is 9.00. The molecule has 1 aromatic carbocycles. The molecule has 0 aliphatic heterocycles. The van der Waals surface area contributed by atoms with Gasteiger partial charge in [-0.15, -0.1) is 0 Å². The summed E-state index contributed by atoms with van der Waals surface area (Å²) in [6.45, 7) is 4.22. The molecule has 0 atom stereocenters. The molecule has 0 fully saturated rings. The number of rotatable bonds is 3. The van der Waals surface area contributed by atoms with Crippen LogP contribution in [-0.4, -0.2) is 16.5 Å². The molecule has 0 aliphatic carbocycles. The molecular weight excluding hydrogens is 217 g/mol. The van der Waals surface area contributed by atoms with Gasteiger partial charge in [0.05, 0.1) is 5.69 Å². The fraction of sp³-hybridized carbons (Fsp3) is 0.308. The molecule has 0 radical (unpaired) electrons. The highest BCUT2D eigenvalue weighted by atomic mass is 19.1. The lowest BCUT2D eigenvalue weighted by atomic mass is 10.1. The second-order valence-electron chi connectivity index (χ2n) is 4.15. The number of nitrogens with zero attached hydrogens (tertiary/aromatic N) is 1. The molecule has 0 amide bonds. The van der Waals surface area contributed by atoms with Gasteiger partial charge in [0.15, 0.2) is 0 Å². The SMILES string of the molecule is Cc1nc(-c2ccc(F)c(C)c2)c(CCN)[nH]1. The monoisotopic (exact) mass is 233 g/mol. The van der Waals surface area contributed by atoms with Crippen molar-refractivity contribution in [3.63, 3.8) is 0 Å². The minimum atomic E-state index is -0.193.